The van der Waals surface area contributed by atoms with Crippen LogP contribution >= 0.6 is 11.8 Å². The molecule has 0 spiro atoms. The van der Waals surface area contributed by atoms with Gasteiger partial charge in [0.05, 0.1) is 0 Å². The number of nitrogens with zero attached hydrogens (tertiary/aromatic N) is 2. The molecule has 4 heteroatoms. The van der Waals surface area contributed by atoms with E-state index in [0.717, 1.165) is 17.9 Å². The monoisotopic (exact) mass is 267 g/mol. The summed E-state index contributed by atoms with van der Waals surface area (Å²) in [6.07, 6.45) is 3.31. The number of nitrogens with two attached hydrogens (primary N) is 1. The molecule has 0 aliphatic rings. The number of rotatable bonds is 6. The van der Waals surface area contributed by atoms with Crippen molar-refractivity contribution in [1.29, 1.82) is 0 Å². The zero-order valence-corrected chi connectivity index (χ0v) is 13.0. The van der Waals surface area contributed by atoms with Crippen molar-refractivity contribution < 1.29 is 0 Å². The highest BCUT2D eigenvalue weighted by Gasteiger charge is 2.16. The SMILES string of the molecule is CSCCC(C)N(C)c1nc(C)cc(C)c1CN. The molecule has 0 bridgehead atoms. The van der Waals surface area contributed by atoms with Gasteiger partial charge >= 0.3 is 0 Å². The number of aryl methyl sites for hydroxylation is 2. The minimum atomic E-state index is 0.483. The third-order valence-electron chi connectivity index (χ3n) is 3.39. The third kappa shape index (κ3) is 3.62. The molecule has 1 atom stereocenters. The van der Waals surface area contributed by atoms with Crippen molar-refractivity contribution in [3.8, 4) is 0 Å². The molecule has 0 amide bonds. The van der Waals surface area contributed by atoms with Crippen LogP contribution in [-0.4, -0.2) is 30.1 Å². The smallest absolute Gasteiger partial charge is 0.133 e. The molecule has 0 fully saturated rings. The molecule has 0 saturated carbocycles. The van der Waals surface area contributed by atoms with Gasteiger partial charge in [-0.3, -0.25) is 0 Å². The van der Waals surface area contributed by atoms with Crippen LogP contribution in [0.3, 0.4) is 0 Å². The van der Waals surface area contributed by atoms with Crippen molar-refractivity contribution in [2.24, 2.45) is 5.73 Å². The number of aromatic nitrogens is 1. The van der Waals surface area contributed by atoms with Crippen molar-refractivity contribution in [3.63, 3.8) is 0 Å². The maximum atomic E-state index is 5.87. The Morgan fingerprint density at radius 3 is 2.67 bits per heavy atom. The van der Waals surface area contributed by atoms with Gasteiger partial charge in [-0.15, -0.1) is 0 Å². The molecule has 1 aromatic rings. The van der Waals surface area contributed by atoms with Gasteiger partial charge in [0.1, 0.15) is 5.82 Å². The summed E-state index contributed by atoms with van der Waals surface area (Å²) in [6, 6.07) is 2.59. The van der Waals surface area contributed by atoms with Gasteiger partial charge < -0.3 is 10.6 Å². The summed E-state index contributed by atoms with van der Waals surface area (Å²) in [5.41, 5.74) is 9.33. The minimum absolute atomic E-state index is 0.483. The summed E-state index contributed by atoms with van der Waals surface area (Å²) in [5.74, 6) is 2.22. The van der Waals surface area contributed by atoms with E-state index in [1.165, 1.54) is 16.9 Å². The first-order valence-corrected chi connectivity index (χ1v) is 7.79. The first-order chi connectivity index (χ1) is 8.51. The van der Waals surface area contributed by atoms with Gasteiger partial charge in [0.15, 0.2) is 0 Å². The van der Waals surface area contributed by atoms with E-state index in [9.17, 15) is 0 Å². The summed E-state index contributed by atoms with van der Waals surface area (Å²) in [6.45, 7) is 6.95. The van der Waals surface area contributed by atoms with Crippen molar-refractivity contribution in [2.45, 2.75) is 39.8 Å². The molecule has 0 aromatic carbocycles. The lowest BCUT2D eigenvalue weighted by molar-refractivity contribution is 0.657. The summed E-state index contributed by atoms with van der Waals surface area (Å²) in [7, 11) is 2.12. The van der Waals surface area contributed by atoms with Crippen molar-refractivity contribution in [2.75, 3.05) is 24.0 Å². The largest absolute Gasteiger partial charge is 0.357 e. The Morgan fingerprint density at radius 2 is 2.11 bits per heavy atom. The molecule has 1 aromatic heterocycles. The highest BCUT2D eigenvalue weighted by molar-refractivity contribution is 7.98. The second-order valence-electron chi connectivity index (χ2n) is 4.83. The quantitative estimate of drug-likeness (QED) is 0.860. The molecule has 0 aliphatic heterocycles. The highest BCUT2D eigenvalue weighted by Crippen LogP contribution is 2.23. The number of hydrogen-bond acceptors (Lipinski definition) is 4. The van der Waals surface area contributed by atoms with Gasteiger partial charge in [-0.05, 0) is 50.8 Å². The van der Waals surface area contributed by atoms with Crippen LogP contribution in [0.15, 0.2) is 6.07 Å². The lowest BCUT2D eigenvalue weighted by atomic mass is 10.1. The third-order valence-corrected chi connectivity index (χ3v) is 4.04. The number of thioether (sulfide) groups is 1. The molecular weight excluding hydrogens is 242 g/mol. The molecule has 1 rings (SSSR count). The molecule has 0 saturated heterocycles. The van der Waals surface area contributed by atoms with Gasteiger partial charge in [0, 0.05) is 30.9 Å². The average Bonchev–Trinajstić information content (AvgIpc) is 2.34. The van der Waals surface area contributed by atoms with Gasteiger partial charge in [-0.2, -0.15) is 11.8 Å². The van der Waals surface area contributed by atoms with E-state index in [4.69, 9.17) is 5.73 Å². The topological polar surface area (TPSA) is 42.2 Å². The summed E-state index contributed by atoms with van der Waals surface area (Å²) >= 11 is 1.89. The van der Waals surface area contributed by atoms with Crippen LogP contribution in [0.25, 0.3) is 0 Å². The Balaban J connectivity index is 3.00. The van der Waals surface area contributed by atoms with Gasteiger partial charge in [-0.25, -0.2) is 4.98 Å². The second-order valence-corrected chi connectivity index (χ2v) is 5.81. The fourth-order valence-electron chi connectivity index (χ4n) is 2.08. The van der Waals surface area contributed by atoms with E-state index in [1.807, 2.05) is 18.7 Å². The fourth-order valence-corrected chi connectivity index (χ4v) is 2.66. The fraction of sp³-hybridized carbons (Fsp3) is 0.643. The molecule has 0 aliphatic carbocycles. The molecular formula is C14H25N3S. The van der Waals surface area contributed by atoms with Gasteiger partial charge in [-0.1, -0.05) is 0 Å². The van der Waals surface area contributed by atoms with E-state index in [1.54, 1.807) is 0 Å². The molecule has 2 N–H and O–H groups in total. The zero-order valence-electron chi connectivity index (χ0n) is 12.2. The maximum Gasteiger partial charge on any atom is 0.133 e. The van der Waals surface area contributed by atoms with E-state index >= 15 is 0 Å². The Hall–Kier alpha value is -0.740. The standard InChI is InChI=1S/C14H25N3S/c1-10-8-11(2)16-14(13(10)9-15)17(4)12(3)6-7-18-5/h8,12H,6-7,9,15H2,1-5H3. The van der Waals surface area contributed by atoms with Gasteiger partial charge in [0.2, 0.25) is 0 Å². The van der Waals surface area contributed by atoms with Crippen LogP contribution in [0.1, 0.15) is 30.2 Å². The van der Waals surface area contributed by atoms with Crippen LogP contribution in [0.5, 0.6) is 0 Å². The lowest BCUT2D eigenvalue weighted by Gasteiger charge is -2.28. The highest BCUT2D eigenvalue weighted by atomic mass is 32.2. The molecule has 1 unspecified atom stereocenters. The van der Waals surface area contributed by atoms with Crippen LogP contribution in [0.2, 0.25) is 0 Å². The van der Waals surface area contributed by atoms with E-state index in [0.29, 0.717) is 12.6 Å². The van der Waals surface area contributed by atoms with Crippen LogP contribution in [0.4, 0.5) is 5.82 Å². The van der Waals surface area contributed by atoms with Crippen LogP contribution < -0.4 is 10.6 Å². The van der Waals surface area contributed by atoms with Crippen molar-refractivity contribution in [1.82, 2.24) is 4.98 Å². The molecule has 102 valence electrons. The molecule has 3 nitrogen and oxygen atoms in total. The lowest BCUT2D eigenvalue weighted by Crippen LogP contribution is -2.31. The predicted octanol–water partition coefficient (Wildman–Crippen LogP) is 2.73. The summed E-state index contributed by atoms with van der Waals surface area (Å²) in [5, 5.41) is 0. The van der Waals surface area contributed by atoms with Crippen LogP contribution in [0, 0.1) is 13.8 Å². The summed E-state index contributed by atoms with van der Waals surface area (Å²) in [4.78, 5) is 6.94. The van der Waals surface area contributed by atoms with E-state index in [2.05, 4.69) is 43.1 Å². The number of anilines is 1. The van der Waals surface area contributed by atoms with Crippen molar-refractivity contribution >= 4 is 17.6 Å². The van der Waals surface area contributed by atoms with E-state index < -0.39 is 0 Å². The Bertz CT molecular complexity index is 393. The maximum absolute atomic E-state index is 5.87. The summed E-state index contributed by atoms with van der Waals surface area (Å²) < 4.78 is 0. The van der Waals surface area contributed by atoms with E-state index in [-0.39, 0.29) is 0 Å². The van der Waals surface area contributed by atoms with Crippen LogP contribution in [-0.2, 0) is 6.54 Å². The number of hydrogen-bond donors (Lipinski definition) is 1. The zero-order chi connectivity index (χ0) is 13.7. The van der Waals surface area contributed by atoms with Crippen molar-refractivity contribution in [3.05, 3.63) is 22.9 Å². The minimum Gasteiger partial charge on any atom is -0.357 e. The first-order valence-electron chi connectivity index (χ1n) is 6.40. The first kappa shape index (κ1) is 15.3. The molecule has 1 heterocycles. The predicted molar refractivity (Wildman–Crippen MR) is 82.5 cm³/mol. The average molecular weight is 267 g/mol. The van der Waals surface area contributed by atoms with Gasteiger partial charge in [0.25, 0.3) is 0 Å². The Kier molecular flexibility index (Phi) is 5.96. The molecule has 18 heavy (non-hydrogen) atoms. The Labute approximate surface area is 115 Å². The molecule has 0 radical (unpaired) electrons. The number of pyridine rings is 1. The Morgan fingerprint density at radius 1 is 1.44 bits per heavy atom. The normalized spacial score (nSPS) is 12.6. The second kappa shape index (κ2) is 7.00.